The van der Waals surface area contributed by atoms with Gasteiger partial charge in [-0.3, -0.25) is 9.78 Å². The Balaban J connectivity index is 0.000000960. The van der Waals surface area contributed by atoms with Crippen LogP contribution in [0.25, 0.3) is 10.9 Å². The number of rotatable bonds is 1. The summed E-state index contributed by atoms with van der Waals surface area (Å²) in [6.45, 7) is 3.73. The average molecular weight is 375 g/mol. The summed E-state index contributed by atoms with van der Waals surface area (Å²) in [4.78, 5) is 19.2. The van der Waals surface area contributed by atoms with Crippen molar-refractivity contribution in [3.8, 4) is 0 Å². The molecule has 4 nitrogen and oxygen atoms in total. The summed E-state index contributed by atoms with van der Waals surface area (Å²) in [6, 6.07) is 7.34. The lowest BCUT2D eigenvalue weighted by Crippen LogP contribution is -2.32. The number of likely N-dealkylation sites (tertiary alicyclic amines) is 1. The van der Waals surface area contributed by atoms with Crippen molar-refractivity contribution in [2.45, 2.75) is 0 Å². The zero-order chi connectivity index (χ0) is 14.4. The quantitative estimate of drug-likeness (QED) is 0.834. The summed E-state index contributed by atoms with van der Waals surface area (Å²) < 4.78 is 0. The minimum Gasteiger partial charge on any atom is -0.338 e. The van der Waals surface area contributed by atoms with Crippen LogP contribution in [0.1, 0.15) is 10.4 Å². The molecule has 1 aromatic heterocycles. The van der Waals surface area contributed by atoms with E-state index in [0.717, 1.165) is 31.6 Å². The van der Waals surface area contributed by atoms with Gasteiger partial charge >= 0.3 is 0 Å². The lowest BCUT2D eigenvalue weighted by molar-refractivity contribution is 0.0783. The highest BCUT2D eigenvalue weighted by Crippen LogP contribution is 2.30. The van der Waals surface area contributed by atoms with E-state index in [9.17, 15) is 4.79 Å². The van der Waals surface area contributed by atoms with Crippen LogP contribution in [-0.2, 0) is 0 Å². The third-order valence-corrected chi connectivity index (χ3v) is 4.95. The van der Waals surface area contributed by atoms with E-state index >= 15 is 0 Å². The number of halogens is 3. The number of carbonyl (C=O) groups is 1. The molecule has 2 atom stereocenters. The molecule has 1 amide bonds. The molecule has 7 heteroatoms. The molecular formula is C16H18Cl3N3O. The third kappa shape index (κ3) is 3.13. The molecule has 1 aromatic carbocycles. The normalized spacial score (nSPS) is 22.4. The first-order valence-electron chi connectivity index (χ1n) is 7.27. The van der Waals surface area contributed by atoms with E-state index in [0.29, 0.717) is 27.9 Å². The summed E-state index contributed by atoms with van der Waals surface area (Å²) in [5, 5.41) is 4.87. The smallest absolute Gasteiger partial charge is 0.256 e. The Labute approximate surface area is 152 Å². The average Bonchev–Trinajstić information content (AvgIpc) is 3.08. The Bertz CT molecular complexity index is 713. The van der Waals surface area contributed by atoms with Gasteiger partial charge in [-0.25, -0.2) is 0 Å². The van der Waals surface area contributed by atoms with Gasteiger partial charge in [-0.1, -0.05) is 11.6 Å². The van der Waals surface area contributed by atoms with Crippen LogP contribution in [0, 0.1) is 11.8 Å². The molecule has 0 spiro atoms. The first-order chi connectivity index (χ1) is 10.2. The zero-order valence-electron chi connectivity index (χ0n) is 12.4. The molecule has 1 N–H and O–H groups in total. The molecule has 2 aliphatic rings. The molecule has 0 saturated carbocycles. The number of carbonyl (C=O) groups excluding carboxylic acids is 1. The molecule has 0 radical (unpaired) electrons. The summed E-state index contributed by atoms with van der Waals surface area (Å²) >= 11 is 6.20. The van der Waals surface area contributed by atoms with Gasteiger partial charge in [0, 0.05) is 37.8 Å². The van der Waals surface area contributed by atoms with Crippen molar-refractivity contribution in [1.82, 2.24) is 15.2 Å². The van der Waals surface area contributed by atoms with Gasteiger partial charge in [0.05, 0.1) is 16.1 Å². The molecular weight excluding hydrogens is 357 g/mol. The van der Waals surface area contributed by atoms with Crippen LogP contribution in [0.2, 0.25) is 5.02 Å². The third-order valence-electron chi connectivity index (χ3n) is 4.62. The van der Waals surface area contributed by atoms with Crippen LogP contribution in [0.15, 0.2) is 30.5 Å². The van der Waals surface area contributed by atoms with Gasteiger partial charge in [0.1, 0.15) is 0 Å². The molecule has 2 aliphatic heterocycles. The largest absolute Gasteiger partial charge is 0.338 e. The van der Waals surface area contributed by atoms with Gasteiger partial charge < -0.3 is 10.2 Å². The molecule has 0 aliphatic carbocycles. The standard InChI is InChI=1S/C16H16ClN3O.2ClH/c17-14-4-3-13(15-12(14)2-1-5-19-15)16(21)20-8-10-6-18-7-11(10)9-20;;/h1-5,10-11,18H,6-9H2;2*1H/t10-,11+;;. The number of nitrogens with one attached hydrogen (secondary N) is 1. The van der Waals surface area contributed by atoms with E-state index in [-0.39, 0.29) is 30.7 Å². The van der Waals surface area contributed by atoms with E-state index in [1.165, 1.54) is 0 Å². The van der Waals surface area contributed by atoms with Crippen molar-refractivity contribution >= 4 is 53.2 Å². The first kappa shape index (κ1) is 18.3. The van der Waals surface area contributed by atoms with E-state index in [2.05, 4.69) is 10.3 Å². The number of benzene rings is 1. The monoisotopic (exact) mass is 373 g/mol. The maximum atomic E-state index is 12.8. The maximum absolute atomic E-state index is 12.8. The van der Waals surface area contributed by atoms with Crippen LogP contribution < -0.4 is 5.32 Å². The molecule has 2 fully saturated rings. The molecule has 0 unspecified atom stereocenters. The highest BCUT2D eigenvalue weighted by molar-refractivity contribution is 6.36. The topological polar surface area (TPSA) is 45.2 Å². The molecule has 3 heterocycles. The van der Waals surface area contributed by atoms with Gasteiger partial charge in [0.15, 0.2) is 0 Å². The van der Waals surface area contributed by atoms with Crippen LogP contribution in [0.5, 0.6) is 0 Å². The van der Waals surface area contributed by atoms with Crippen molar-refractivity contribution in [2.75, 3.05) is 26.2 Å². The molecule has 4 rings (SSSR count). The van der Waals surface area contributed by atoms with Gasteiger partial charge in [0.2, 0.25) is 0 Å². The fraction of sp³-hybridized carbons (Fsp3) is 0.375. The number of hydrogen-bond acceptors (Lipinski definition) is 3. The summed E-state index contributed by atoms with van der Waals surface area (Å²) in [7, 11) is 0. The summed E-state index contributed by atoms with van der Waals surface area (Å²) in [6.07, 6.45) is 1.71. The van der Waals surface area contributed by atoms with Crippen molar-refractivity contribution in [3.63, 3.8) is 0 Å². The maximum Gasteiger partial charge on any atom is 0.256 e. The summed E-state index contributed by atoms with van der Waals surface area (Å²) in [5.74, 6) is 1.27. The van der Waals surface area contributed by atoms with Gasteiger partial charge in [0.25, 0.3) is 5.91 Å². The van der Waals surface area contributed by atoms with Crippen molar-refractivity contribution < 1.29 is 4.79 Å². The fourth-order valence-corrected chi connectivity index (χ4v) is 3.72. The molecule has 2 saturated heterocycles. The number of nitrogens with zero attached hydrogens (tertiary/aromatic N) is 2. The Morgan fingerprint density at radius 2 is 1.87 bits per heavy atom. The zero-order valence-corrected chi connectivity index (χ0v) is 14.8. The second-order valence-corrected chi connectivity index (χ2v) is 6.29. The predicted octanol–water partition coefficient (Wildman–Crippen LogP) is 3.02. The molecule has 2 aromatic rings. The van der Waals surface area contributed by atoms with E-state index in [4.69, 9.17) is 11.6 Å². The van der Waals surface area contributed by atoms with Crippen LogP contribution in [0.4, 0.5) is 0 Å². The number of amides is 1. The van der Waals surface area contributed by atoms with Gasteiger partial charge in [-0.15, -0.1) is 24.8 Å². The fourth-order valence-electron chi connectivity index (χ4n) is 3.50. The van der Waals surface area contributed by atoms with Crippen LogP contribution >= 0.6 is 36.4 Å². The van der Waals surface area contributed by atoms with Crippen LogP contribution in [-0.4, -0.2) is 42.0 Å². The Morgan fingerprint density at radius 3 is 2.57 bits per heavy atom. The highest BCUT2D eigenvalue weighted by atomic mass is 35.5. The van der Waals surface area contributed by atoms with Crippen molar-refractivity contribution in [2.24, 2.45) is 11.8 Å². The van der Waals surface area contributed by atoms with Gasteiger partial charge in [-0.05, 0) is 36.1 Å². The second-order valence-electron chi connectivity index (χ2n) is 5.88. The number of hydrogen-bond donors (Lipinski definition) is 1. The molecule has 124 valence electrons. The summed E-state index contributed by atoms with van der Waals surface area (Å²) in [5.41, 5.74) is 1.35. The minimum atomic E-state index is 0. The number of fused-ring (bicyclic) bond motifs is 2. The number of aromatic nitrogens is 1. The van der Waals surface area contributed by atoms with Gasteiger partial charge in [-0.2, -0.15) is 0 Å². The lowest BCUT2D eigenvalue weighted by Gasteiger charge is -2.18. The molecule has 0 bridgehead atoms. The second kappa shape index (κ2) is 7.22. The lowest BCUT2D eigenvalue weighted by atomic mass is 10.0. The number of pyridine rings is 1. The highest BCUT2D eigenvalue weighted by Gasteiger charge is 2.38. The van der Waals surface area contributed by atoms with Crippen molar-refractivity contribution in [3.05, 3.63) is 41.0 Å². The Morgan fingerprint density at radius 1 is 1.17 bits per heavy atom. The SMILES string of the molecule is Cl.Cl.O=C(c1ccc(Cl)c2cccnc12)N1C[C@H]2CNC[C@H]2C1. The van der Waals surface area contributed by atoms with E-state index in [1.54, 1.807) is 18.3 Å². The molecule has 23 heavy (non-hydrogen) atoms. The Hall–Kier alpha value is -1.07. The van der Waals surface area contributed by atoms with E-state index in [1.807, 2.05) is 17.0 Å². The van der Waals surface area contributed by atoms with Crippen molar-refractivity contribution in [1.29, 1.82) is 0 Å². The Kier molecular flexibility index (Phi) is 5.74. The minimum absolute atomic E-state index is 0. The first-order valence-corrected chi connectivity index (χ1v) is 7.65. The predicted molar refractivity (Wildman–Crippen MR) is 97.0 cm³/mol. The van der Waals surface area contributed by atoms with Crippen LogP contribution in [0.3, 0.4) is 0 Å². The van der Waals surface area contributed by atoms with E-state index < -0.39 is 0 Å².